The lowest BCUT2D eigenvalue weighted by atomic mass is 10.1. The van der Waals surface area contributed by atoms with Crippen molar-refractivity contribution in [1.29, 1.82) is 0 Å². The normalized spacial score (nSPS) is 10.8. The van der Waals surface area contributed by atoms with E-state index < -0.39 is 11.8 Å². The fraction of sp³-hybridized carbons (Fsp3) is 0.152. The summed E-state index contributed by atoms with van der Waals surface area (Å²) in [4.78, 5) is 43.1. The number of fused-ring (bicyclic) bond motifs is 1. The molecule has 3 aromatic carbocycles. The molecule has 0 aliphatic heterocycles. The molecule has 0 spiro atoms. The lowest BCUT2D eigenvalue weighted by molar-refractivity contribution is -0.122. The maximum atomic E-state index is 12.9. The van der Waals surface area contributed by atoms with Gasteiger partial charge in [-0.2, -0.15) is 0 Å². The highest BCUT2D eigenvalue weighted by Gasteiger charge is 2.19. The van der Waals surface area contributed by atoms with Crippen molar-refractivity contribution in [1.82, 2.24) is 15.6 Å². The van der Waals surface area contributed by atoms with E-state index in [1.54, 1.807) is 49.5 Å². The predicted octanol–water partition coefficient (Wildman–Crippen LogP) is 5.58. The lowest BCUT2D eigenvalue weighted by Gasteiger charge is -2.21. The molecule has 0 saturated heterocycles. The van der Waals surface area contributed by atoms with Crippen molar-refractivity contribution in [2.75, 3.05) is 25.0 Å². The molecule has 0 aliphatic rings. The highest BCUT2D eigenvalue weighted by molar-refractivity contribution is 6.38. The molecule has 43 heavy (non-hydrogen) atoms. The Labute approximate surface area is 259 Å². The summed E-state index contributed by atoms with van der Waals surface area (Å²) >= 11 is 13.1. The fourth-order valence-electron chi connectivity index (χ4n) is 4.09. The topological polar surface area (TPSA) is 101 Å². The number of amides is 3. The summed E-state index contributed by atoms with van der Waals surface area (Å²) in [5, 5.41) is 6.74. The SMILES string of the molecule is C#CCNC(=O)c1ccc(/C=C/C(=O)NCC(=O)N(C)c2ccc(Cl)c(COc3cccc4ccc(C)nc34)c2Cl)cc1. The Morgan fingerprint density at radius 1 is 1.02 bits per heavy atom. The van der Waals surface area contributed by atoms with Gasteiger partial charge < -0.3 is 20.3 Å². The van der Waals surface area contributed by atoms with Crippen molar-refractivity contribution in [2.45, 2.75) is 13.5 Å². The molecule has 0 bridgehead atoms. The Morgan fingerprint density at radius 3 is 2.53 bits per heavy atom. The van der Waals surface area contributed by atoms with Crippen molar-refractivity contribution in [3.63, 3.8) is 0 Å². The summed E-state index contributed by atoms with van der Waals surface area (Å²) in [5.74, 6) is 1.78. The third-order valence-electron chi connectivity index (χ3n) is 6.46. The molecule has 0 unspecified atom stereocenters. The number of hydrogen-bond donors (Lipinski definition) is 2. The van der Waals surface area contributed by atoms with E-state index in [1.807, 2.05) is 37.3 Å². The zero-order valence-electron chi connectivity index (χ0n) is 23.5. The summed E-state index contributed by atoms with van der Waals surface area (Å²) in [6.45, 7) is 1.84. The number of halogens is 2. The van der Waals surface area contributed by atoms with Gasteiger partial charge in [0.25, 0.3) is 5.91 Å². The van der Waals surface area contributed by atoms with Crippen LogP contribution in [0, 0.1) is 19.3 Å². The van der Waals surface area contributed by atoms with Crippen molar-refractivity contribution in [2.24, 2.45) is 0 Å². The van der Waals surface area contributed by atoms with Crippen LogP contribution < -0.4 is 20.3 Å². The number of hydrogen-bond acceptors (Lipinski definition) is 5. The van der Waals surface area contributed by atoms with Gasteiger partial charge in [-0.3, -0.25) is 14.4 Å². The van der Waals surface area contributed by atoms with Gasteiger partial charge >= 0.3 is 0 Å². The number of likely N-dealkylation sites (N-methyl/N-ethyl adjacent to an activating group) is 1. The van der Waals surface area contributed by atoms with Gasteiger partial charge in [-0.15, -0.1) is 6.42 Å². The number of anilines is 1. The number of carbonyl (C=O) groups excluding carboxylic acids is 3. The summed E-state index contributed by atoms with van der Waals surface area (Å²) in [6.07, 6.45) is 8.02. The van der Waals surface area contributed by atoms with Gasteiger partial charge in [-0.1, -0.05) is 59.5 Å². The largest absolute Gasteiger partial charge is 0.487 e. The molecule has 218 valence electrons. The lowest BCUT2D eigenvalue weighted by Crippen LogP contribution is -2.37. The molecule has 10 heteroatoms. The minimum atomic E-state index is -0.465. The molecule has 8 nitrogen and oxygen atoms in total. The Balaban J connectivity index is 1.36. The molecule has 4 aromatic rings. The predicted molar refractivity (Wildman–Crippen MR) is 170 cm³/mol. The summed E-state index contributed by atoms with van der Waals surface area (Å²) in [6, 6.07) is 19.5. The van der Waals surface area contributed by atoms with E-state index in [2.05, 4.69) is 21.5 Å². The first-order chi connectivity index (χ1) is 20.7. The molecule has 1 heterocycles. The van der Waals surface area contributed by atoms with Crippen LogP contribution in [0.15, 0.2) is 72.8 Å². The summed E-state index contributed by atoms with van der Waals surface area (Å²) in [7, 11) is 1.56. The number of carbonyl (C=O) groups is 3. The average molecular weight is 616 g/mol. The van der Waals surface area contributed by atoms with Crippen molar-refractivity contribution < 1.29 is 19.1 Å². The standard InChI is InChI=1S/C33H28Cl2N4O4/c1-4-18-36-33(42)24-13-9-22(10-14-24)11-17-29(40)37-19-30(41)39(3)27-16-15-26(34)25(31(27)35)20-43-28-7-5-6-23-12-8-21(2)38-32(23)28/h1,5-17H,18-20H2,2-3H3,(H,36,42)(H,37,40)/b17-11+. The minimum absolute atomic E-state index is 0.0559. The van der Waals surface area contributed by atoms with Gasteiger partial charge in [-0.05, 0) is 55.0 Å². The van der Waals surface area contributed by atoms with E-state index >= 15 is 0 Å². The van der Waals surface area contributed by atoms with E-state index in [0.717, 1.165) is 16.6 Å². The second-order valence-electron chi connectivity index (χ2n) is 9.44. The number of ether oxygens (including phenoxy) is 1. The van der Waals surface area contributed by atoms with Crippen LogP contribution >= 0.6 is 23.2 Å². The quantitative estimate of drug-likeness (QED) is 0.179. The Morgan fingerprint density at radius 2 is 1.79 bits per heavy atom. The first-order valence-corrected chi connectivity index (χ1v) is 13.9. The van der Waals surface area contributed by atoms with Gasteiger partial charge in [0.2, 0.25) is 11.8 Å². The molecule has 2 N–H and O–H groups in total. The molecule has 3 amide bonds. The van der Waals surface area contributed by atoms with Crippen molar-refractivity contribution in [3.05, 3.63) is 105 Å². The zero-order chi connectivity index (χ0) is 30.9. The van der Waals surface area contributed by atoms with Crippen molar-refractivity contribution in [3.8, 4) is 18.1 Å². The third kappa shape index (κ3) is 7.92. The molecule has 0 fully saturated rings. The molecule has 0 atom stereocenters. The fourth-order valence-corrected chi connectivity index (χ4v) is 4.69. The van der Waals surface area contributed by atoms with Crippen LogP contribution in [0.4, 0.5) is 5.69 Å². The van der Waals surface area contributed by atoms with Crippen molar-refractivity contribution >= 4 is 63.6 Å². The number of para-hydroxylation sites is 1. The summed E-state index contributed by atoms with van der Waals surface area (Å²) < 4.78 is 6.07. The van der Waals surface area contributed by atoms with Crippen LogP contribution in [0.5, 0.6) is 5.75 Å². The highest BCUT2D eigenvalue weighted by atomic mass is 35.5. The van der Waals surface area contributed by atoms with Crippen LogP contribution in [-0.2, 0) is 16.2 Å². The van der Waals surface area contributed by atoms with Gasteiger partial charge in [0.15, 0.2) is 0 Å². The highest BCUT2D eigenvalue weighted by Crippen LogP contribution is 2.35. The number of terminal acetylenes is 1. The van der Waals surface area contributed by atoms with Crippen LogP contribution in [-0.4, -0.2) is 42.8 Å². The maximum Gasteiger partial charge on any atom is 0.252 e. The number of aryl methyl sites for hydroxylation is 1. The molecule has 0 aliphatic carbocycles. The smallest absolute Gasteiger partial charge is 0.252 e. The Hall–Kier alpha value is -4.84. The molecular formula is C33H28Cl2N4O4. The van der Waals surface area contributed by atoms with Crippen LogP contribution in [0.3, 0.4) is 0 Å². The number of nitrogens with zero attached hydrogens (tertiary/aromatic N) is 2. The molecule has 4 rings (SSSR count). The van der Waals surface area contributed by atoms with Gasteiger partial charge in [0, 0.05) is 40.4 Å². The van der Waals surface area contributed by atoms with Gasteiger partial charge in [-0.25, -0.2) is 4.98 Å². The Bertz CT molecular complexity index is 1750. The van der Waals surface area contributed by atoms with E-state index in [9.17, 15) is 14.4 Å². The first-order valence-electron chi connectivity index (χ1n) is 13.2. The number of pyridine rings is 1. The zero-order valence-corrected chi connectivity index (χ0v) is 25.0. The van der Waals surface area contributed by atoms with E-state index in [4.69, 9.17) is 34.4 Å². The number of rotatable bonds is 10. The molecule has 0 radical (unpaired) electrons. The maximum absolute atomic E-state index is 12.9. The Kier molecular flexibility index (Phi) is 10.4. The van der Waals surface area contributed by atoms with Gasteiger partial charge in [0.05, 0.1) is 23.8 Å². The number of nitrogens with one attached hydrogen (secondary N) is 2. The second-order valence-corrected chi connectivity index (χ2v) is 10.2. The second kappa shape index (κ2) is 14.4. The molecular weight excluding hydrogens is 587 g/mol. The van der Waals surface area contributed by atoms with Crippen LogP contribution in [0.1, 0.15) is 27.2 Å². The molecule has 1 aromatic heterocycles. The summed E-state index contributed by atoms with van der Waals surface area (Å²) in [5.41, 5.74) is 3.66. The monoisotopic (exact) mass is 614 g/mol. The van der Waals surface area contributed by atoms with Crippen LogP contribution in [0.2, 0.25) is 10.0 Å². The average Bonchev–Trinajstić information content (AvgIpc) is 3.01. The van der Waals surface area contributed by atoms with Gasteiger partial charge in [0.1, 0.15) is 17.9 Å². The number of aromatic nitrogens is 1. The van der Waals surface area contributed by atoms with E-state index in [-0.39, 0.29) is 30.6 Å². The minimum Gasteiger partial charge on any atom is -0.487 e. The van der Waals surface area contributed by atoms with E-state index in [1.165, 1.54) is 11.0 Å². The van der Waals surface area contributed by atoms with E-state index in [0.29, 0.717) is 33.1 Å². The first kappa shape index (κ1) is 31.1. The number of benzene rings is 3. The third-order valence-corrected chi connectivity index (χ3v) is 7.24. The van der Waals surface area contributed by atoms with Crippen LogP contribution in [0.25, 0.3) is 17.0 Å². The molecule has 0 saturated carbocycles.